The molecule has 0 spiro atoms. The minimum Gasteiger partial charge on any atom is -0.348 e. The second-order valence-electron chi connectivity index (χ2n) is 6.87. The number of aryl methyl sites for hydroxylation is 2. The van der Waals surface area contributed by atoms with E-state index in [4.69, 9.17) is 0 Å². The van der Waals surface area contributed by atoms with Crippen molar-refractivity contribution in [2.24, 2.45) is 0 Å². The molecular formula is C22H21N3O2S. The number of amides is 2. The Kier molecular flexibility index (Phi) is 5.21. The van der Waals surface area contributed by atoms with Gasteiger partial charge in [-0.1, -0.05) is 24.3 Å². The number of aromatic nitrogens is 1. The summed E-state index contributed by atoms with van der Waals surface area (Å²) in [7, 11) is 0. The van der Waals surface area contributed by atoms with Gasteiger partial charge in [0.1, 0.15) is 5.00 Å². The van der Waals surface area contributed by atoms with Crippen molar-refractivity contribution >= 4 is 28.2 Å². The van der Waals surface area contributed by atoms with Crippen molar-refractivity contribution in [3.05, 3.63) is 81.5 Å². The number of hydrogen-bond acceptors (Lipinski definition) is 4. The number of carbonyl (C=O) groups is 2. The second kappa shape index (κ2) is 7.94. The van der Waals surface area contributed by atoms with Crippen LogP contribution in [0.15, 0.2) is 48.8 Å². The zero-order valence-corrected chi connectivity index (χ0v) is 16.4. The van der Waals surface area contributed by atoms with Crippen LogP contribution in [0.4, 0.5) is 5.00 Å². The second-order valence-corrected chi connectivity index (χ2v) is 7.98. The van der Waals surface area contributed by atoms with Crippen molar-refractivity contribution in [2.75, 3.05) is 5.32 Å². The standard InChI is InChI=1S/C22H21N3O2S/c1-14-6-2-3-8-16(14)20(26)25-22-19(17-9-4-10-18(17)28-22)21(27)24-13-15-7-5-11-23-12-15/h2-3,5-8,11-12H,4,9-10,13H2,1H3,(H,24,27)(H,25,26). The molecule has 0 unspecified atom stereocenters. The fourth-order valence-electron chi connectivity index (χ4n) is 3.50. The Bertz CT molecular complexity index is 1030. The van der Waals surface area contributed by atoms with Gasteiger partial charge >= 0.3 is 0 Å². The van der Waals surface area contributed by atoms with Gasteiger partial charge in [-0.15, -0.1) is 11.3 Å². The van der Waals surface area contributed by atoms with Crippen LogP contribution in [-0.4, -0.2) is 16.8 Å². The third-order valence-electron chi connectivity index (χ3n) is 4.94. The fraction of sp³-hybridized carbons (Fsp3) is 0.227. The molecule has 0 saturated heterocycles. The van der Waals surface area contributed by atoms with Gasteiger partial charge in [-0.25, -0.2) is 0 Å². The molecule has 2 heterocycles. The van der Waals surface area contributed by atoms with Crippen molar-refractivity contribution in [3.8, 4) is 0 Å². The average Bonchev–Trinajstić information content (AvgIpc) is 3.28. The number of carbonyl (C=O) groups excluding carboxylic acids is 2. The van der Waals surface area contributed by atoms with E-state index in [1.807, 2.05) is 37.3 Å². The van der Waals surface area contributed by atoms with Gasteiger partial charge in [-0.05, 0) is 55.0 Å². The van der Waals surface area contributed by atoms with Crippen LogP contribution in [0.5, 0.6) is 0 Å². The van der Waals surface area contributed by atoms with E-state index in [1.54, 1.807) is 18.5 Å². The first-order valence-corrected chi connectivity index (χ1v) is 10.1. The highest BCUT2D eigenvalue weighted by atomic mass is 32.1. The van der Waals surface area contributed by atoms with Gasteiger partial charge in [0.15, 0.2) is 0 Å². The molecule has 28 heavy (non-hydrogen) atoms. The number of anilines is 1. The highest BCUT2D eigenvalue weighted by Gasteiger charge is 2.27. The van der Waals surface area contributed by atoms with Crippen LogP contribution in [0.2, 0.25) is 0 Å². The zero-order valence-electron chi connectivity index (χ0n) is 15.6. The van der Waals surface area contributed by atoms with E-state index in [2.05, 4.69) is 15.6 Å². The normalized spacial score (nSPS) is 12.5. The molecule has 1 aromatic carbocycles. The molecular weight excluding hydrogens is 370 g/mol. The first-order valence-electron chi connectivity index (χ1n) is 9.32. The number of thiophene rings is 1. The lowest BCUT2D eigenvalue weighted by molar-refractivity contribution is 0.0951. The first-order chi connectivity index (χ1) is 13.6. The Balaban J connectivity index is 1.57. The van der Waals surface area contributed by atoms with Crippen LogP contribution in [0.3, 0.4) is 0 Å². The summed E-state index contributed by atoms with van der Waals surface area (Å²) >= 11 is 1.52. The molecule has 1 aliphatic rings. The number of nitrogens with zero attached hydrogens (tertiary/aromatic N) is 1. The molecule has 1 aliphatic carbocycles. The van der Waals surface area contributed by atoms with E-state index in [0.29, 0.717) is 22.7 Å². The number of nitrogens with one attached hydrogen (secondary N) is 2. The number of rotatable bonds is 5. The molecule has 2 amide bonds. The third kappa shape index (κ3) is 3.68. The molecule has 5 nitrogen and oxygen atoms in total. The number of hydrogen-bond donors (Lipinski definition) is 2. The molecule has 0 bridgehead atoms. The summed E-state index contributed by atoms with van der Waals surface area (Å²) in [6.45, 7) is 2.31. The smallest absolute Gasteiger partial charge is 0.256 e. The van der Waals surface area contributed by atoms with Crippen molar-refractivity contribution in [3.63, 3.8) is 0 Å². The molecule has 2 N–H and O–H groups in total. The van der Waals surface area contributed by atoms with Gasteiger partial charge in [-0.2, -0.15) is 0 Å². The third-order valence-corrected chi connectivity index (χ3v) is 6.15. The highest BCUT2D eigenvalue weighted by molar-refractivity contribution is 7.17. The summed E-state index contributed by atoms with van der Waals surface area (Å²) in [5, 5.41) is 6.60. The summed E-state index contributed by atoms with van der Waals surface area (Å²) in [6.07, 6.45) is 6.33. The number of pyridine rings is 1. The lowest BCUT2D eigenvalue weighted by atomic mass is 10.1. The quantitative estimate of drug-likeness (QED) is 0.687. The van der Waals surface area contributed by atoms with E-state index in [9.17, 15) is 9.59 Å². The van der Waals surface area contributed by atoms with Gasteiger partial charge in [0.25, 0.3) is 11.8 Å². The lowest BCUT2D eigenvalue weighted by Crippen LogP contribution is -2.25. The van der Waals surface area contributed by atoms with Crippen molar-refractivity contribution < 1.29 is 9.59 Å². The molecule has 142 valence electrons. The lowest BCUT2D eigenvalue weighted by Gasteiger charge is -2.10. The van der Waals surface area contributed by atoms with E-state index in [-0.39, 0.29) is 11.8 Å². The van der Waals surface area contributed by atoms with E-state index >= 15 is 0 Å². The van der Waals surface area contributed by atoms with Gasteiger partial charge in [-0.3, -0.25) is 14.6 Å². The van der Waals surface area contributed by atoms with Crippen molar-refractivity contribution in [2.45, 2.75) is 32.7 Å². The minimum atomic E-state index is -0.181. The highest BCUT2D eigenvalue weighted by Crippen LogP contribution is 2.39. The Hall–Kier alpha value is -2.99. The molecule has 0 radical (unpaired) electrons. The van der Waals surface area contributed by atoms with Gasteiger partial charge in [0, 0.05) is 29.4 Å². The maximum Gasteiger partial charge on any atom is 0.256 e. The van der Waals surface area contributed by atoms with Gasteiger partial charge in [0.2, 0.25) is 0 Å². The van der Waals surface area contributed by atoms with Crippen LogP contribution < -0.4 is 10.6 Å². The van der Waals surface area contributed by atoms with E-state index in [1.165, 1.54) is 16.2 Å². The monoisotopic (exact) mass is 391 g/mol. The molecule has 3 aromatic rings. The molecule has 4 rings (SSSR count). The Morgan fingerprint density at radius 3 is 2.75 bits per heavy atom. The predicted molar refractivity (Wildman–Crippen MR) is 111 cm³/mol. The van der Waals surface area contributed by atoms with Crippen molar-refractivity contribution in [1.82, 2.24) is 10.3 Å². The Labute approximate surface area is 167 Å². The predicted octanol–water partition coefficient (Wildman–Crippen LogP) is 4.12. The summed E-state index contributed by atoms with van der Waals surface area (Å²) in [5.74, 6) is -0.331. The Morgan fingerprint density at radius 1 is 1.11 bits per heavy atom. The topological polar surface area (TPSA) is 71.1 Å². The van der Waals surface area contributed by atoms with Crippen LogP contribution in [0, 0.1) is 6.92 Å². The van der Waals surface area contributed by atoms with Crippen LogP contribution in [0.1, 0.15) is 48.7 Å². The minimum absolute atomic E-state index is 0.150. The summed E-state index contributed by atoms with van der Waals surface area (Å²) in [5.41, 5.74) is 4.16. The fourth-order valence-corrected chi connectivity index (χ4v) is 4.79. The van der Waals surface area contributed by atoms with Crippen LogP contribution in [0.25, 0.3) is 0 Å². The molecule has 0 saturated carbocycles. The van der Waals surface area contributed by atoms with Gasteiger partial charge < -0.3 is 10.6 Å². The Morgan fingerprint density at radius 2 is 1.96 bits per heavy atom. The maximum absolute atomic E-state index is 13.0. The first kappa shape index (κ1) is 18.4. The SMILES string of the molecule is Cc1ccccc1C(=O)Nc1sc2c(c1C(=O)NCc1cccnc1)CCC2. The molecule has 0 fully saturated rings. The molecule has 0 atom stereocenters. The summed E-state index contributed by atoms with van der Waals surface area (Å²) < 4.78 is 0. The van der Waals surface area contributed by atoms with Crippen molar-refractivity contribution in [1.29, 1.82) is 0 Å². The maximum atomic E-state index is 13.0. The van der Waals surface area contributed by atoms with Crippen LogP contribution in [-0.2, 0) is 19.4 Å². The summed E-state index contributed by atoms with van der Waals surface area (Å²) in [4.78, 5) is 31.0. The summed E-state index contributed by atoms with van der Waals surface area (Å²) in [6, 6.07) is 11.2. The van der Waals surface area contributed by atoms with Gasteiger partial charge in [0.05, 0.1) is 5.56 Å². The molecule has 6 heteroatoms. The average molecular weight is 391 g/mol. The zero-order chi connectivity index (χ0) is 19.5. The molecule has 2 aromatic heterocycles. The van der Waals surface area contributed by atoms with E-state index < -0.39 is 0 Å². The number of benzene rings is 1. The molecule has 0 aliphatic heterocycles. The number of fused-ring (bicyclic) bond motifs is 1. The van der Waals surface area contributed by atoms with E-state index in [0.717, 1.165) is 36.0 Å². The van der Waals surface area contributed by atoms with Crippen LogP contribution >= 0.6 is 11.3 Å². The largest absolute Gasteiger partial charge is 0.348 e.